The number of hydrogen-bond donors (Lipinski definition) is 0. The van der Waals surface area contributed by atoms with Crippen LogP contribution < -0.4 is 9.64 Å². The van der Waals surface area contributed by atoms with E-state index in [1.165, 1.54) is 0 Å². The molecule has 0 N–H and O–H groups in total. The largest absolute Gasteiger partial charge is 0.484 e. The average Bonchev–Trinajstić information content (AvgIpc) is 3.40. The van der Waals surface area contributed by atoms with Gasteiger partial charge in [-0.3, -0.25) is 14.5 Å². The molecule has 1 aromatic heterocycles. The summed E-state index contributed by atoms with van der Waals surface area (Å²) in [5.74, 6) is 0.244. The number of nitrogens with zero attached hydrogens (tertiary/aromatic N) is 3. The molecular formula is C30H29N3O3. The van der Waals surface area contributed by atoms with Crippen molar-refractivity contribution in [2.24, 2.45) is 0 Å². The summed E-state index contributed by atoms with van der Waals surface area (Å²) in [5, 5.41) is 0. The van der Waals surface area contributed by atoms with Crippen molar-refractivity contribution in [1.29, 1.82) is 0 Å². The molecule has 1 atom stereocenters. The first-order valence-corrected chi connectivity index (χ1v) is 12.2. The highest BCUT2D eigenvalue weighted by atomic mass is 16.5. The van der Waals surface area contributed by atoms with Gasteiger partial charge >= 0.3 is 0 Å². The van der Waals surface area contributed by atoms with Crippen molar-refractivity contribution in [3.8, 4) is 11.4 Å². The third-order valence-corrected chi connectivity index (χ3v) is 6.46. The molecule has 5 rings (SSSR count). The summed E-state index contributed by atoms with van der Waals surface area (Å²) < 4.78 is 7.82. The number of benzene rings is 3. The van der Waals surface area contributed by atoms with Gasteiger partial charge in [0.2, 0.25) is 5.91 Å². The first-order valence-electron chi connectivity index (χ1n) is 12.2. The molecule has 6 nitrogen and oxygen atoms in total. The maximum atomic E-state index is 14.1. The predicted molar refractivity (Wildman–Crippen MR) is 140 cm³/mol. The number of rotatable bonds is 7. The van der Waals surface area contributed by atoms with Crippen LogP contribution in [-0.2, 0) is 9.59 Å². The number of aromatic nitrogens is 1. The lowest BCUT2D eigenvalue weighted by Gasteiger charge is -2.40. The Bertz CT molecular complexity index is 1350. The van der Waals surface area contributed by atoms with E-state index >= 15 is 0 Å². The SMILES string of the molecule is CC(C)N(CC(=O)N1c2ccccc2-n2cccc2C1c1ccccc1)C(=O)COc1ccccc1. The van der Waals surface area contributed by atoms with Crippen LogP contribution in [0.1, 0.15) is 31.1 Å². The number of amides is 2. The van der Waals surface area contributed by atoms with Crippen molar-refractivity contribution >= 4 is 17.5 Å². The quantitative estimate of drug-likeness (QED) is 0.365. The molecule has 1 aliphatic rings. The van der Waals surface area contributed by atoms with Gasteiger partial charge in [-0.1, -0.05) is 60.7 Å². The Morgan fingerprint density at radius 3 is 2.17 bits per heavy atom. The second-order valence-corrected chi connectivity index (χ2v) is 9.09. The average molecular weight is 480 g/mol. The normalized spacial score (nSPS) is 14.2. The Morgan fingerprint density at radius 1 is 0.833 bits per heavy atom. The van der Waals surface area contributed by atoms with Crippen molar-refractivity contribution in [2.75, 3.05) is 18.1 Å². The summed E-state index contributed by atoms with van der Waals surface area (Å²) in [7, 11) is 0. The highest BCUT2D eigenvalue weighted by Gasteiger charge is 2.37. The molecule has 2 heterocycles. The zero-order valence-corrected chi connectivity index (χ0v) is 20.5. The van der Waals surface area contributed by atoms with Crippen LogP contribution in [0, 0.1) is 0 Å². The zero-order valence-electron chi connectivity index (χ0n) is 20.5. The van der Waals surface area contributed by atoms with E-state index in [2.05, 4.69) is 4.57 Å². The number of para-hydroxylation sites is 3. The first kappa shape index (κ1) is 23.4. The third kappa shape index (κ3) is 4.50. The maximum Gasteiger partial charge on any atom is 0.261 e. The number of hydrogen-bond acceptors (Lipinski definition) is 3. The van der Waals surface area contributed by atoms with E-state index in [1.54, 1.807) is 4.90 Å². The molecule has 0 saturated heterocycles. The zero-order chi connectivity index (χ0) is 25.1. The standard InChI is InChI=1S/C30H29N3O3/c1-22(2)32(29(35)21-36-24-14-7-4-8-15-24)20-28(34)33-26-17-10-9-16-25(26)31-19-11-18-27(31)30(33)23-12-5-3-6-13-23/h3-19,22,30H,20-21H2,1-2H3. The van der Waals surface area contributed by atoms with E-state index in [0.717, 1.165) is 22.6 Å². The highest BCUT2D eigenvalue weighted by Crippen LogP contribution is 2.42. The molecule has 36 heavy (non-hydrogen) atoms. The maximum absolute atomic E-state index is 14.1. The van der Waals surface area contributed by atoms with E-state index in [-0.39, 0.29) is 37.0 Å². The molecule has 182 valence electrons. The number of carbonyl (C=O) groups excluding carboxylic acids is 2. The van der Waals surface area contributed by atoms with E-state index in [4.69, 9.17) is 4.74 Å². The van der Waals surface area contributed by atoms with Crippen LogP contribution in [0.2, 0.25) is 0 Å². The molecule has 0 fully saturated rings. The Labute approximate surface area is 211 Å². The molecule has 3 aromatic carbocycles. The summed E-state index contributed by atoms with van der Waals surface area (Å²) in [6, 6.07) is 30.7. The lowest BCUT2D eigenvalue weighted by atomic mass is 9.97. The molecule has 1 aliphatic heterocycles. The van der Waals surface area contributed by atoms with Gasteiger partial charge in [0.25, 0.3) is 5.91 Å². The minimum Gasteiger partial charge on any atom is -0.484 e. The summed E-state index contributed by atoms with van der Waals surface area (Å²) in [5.41, 5.74) is 3.77. The first-order chi connectivity index (χ1) is 17.5. The minimum absolute atomic E-state index is 0.0486. The van der Waals surface area contributed by atoms with E-state index in [1.807, 2.05) is 122 Å². The lowest BCUT2D eigenvalue weighted by Crippen LogP contribution is -2.49. The van der Waals surface area contributed by atoms with Crippen molar-refractivity contribution < 1.29 is 14.3 Å². The summed E-state index contributed by atoms with van der Waals surface area (Å²) in [6.07, 6.45) is 2.02. The highest BCUT2D eigenvalue weighted by molar-refractivity contribution is 6.00. The molecule has 6 heteroatoms. The Hall–Kier alpha value is -4.32. The predicted octanol–water partition coefficient (Wildman–Crippen LogP) is 5.23. The monoisotopic (exact) mass is 479 g/mol. The summed E-state index contributed by atoms with van der Waals surface area (Å²) >= 11 is 0. The van der Waals surface area contributed by atoms with Gasteiger partial charge in [-0.15, -0.1) is 0 Å². The minimum atomic E-state index is -0.312. The smallest absolute Gasteiger partial charge is 0.261 e. The van der Waals surface area contributed by atoms with Crippen LogP contribution in [0.5, 0.6) is 5.75 Å². The summed E-state index contributed by atoms with van der Waals surface area (Å²) in [6.45, 7) is 3.65. The number of fused-ring (bicyclic) bond motifs is 3. The second-order valence-electron chi connectivity index (χ2n) is 9.09. The van der Waals surface area contributed by atoms with E-state index in [9.17, 15) is 9.59 Å². The fraction of sp³-hybridized carbons (Fsp3) is 0.200. The fourth-order valence-corrected chi connectivity index (χ4v) is 4.74. The molecule has 4 aromatic rings. The van der Waals surface area contributed by atoms with E-state index < -0.39 is 0 Å². The van der Waals surface area contributed by atoms with Crippen LogP contribution in [0.4, 0.5) is 5.69 Å². The van der Waals surface area contributed by atoms with Gasteiger partial charge in [0.05, 0.1) is 17.1 Å². The van der Waals surface area contributed by atoms with E-state index in [0.29, 0.717) is 5.75 Å². The Kier molecular flexibility index (Phi) is 6.58. The Morgan fingerprint density at radius 2 is 1.47 bits per heavy atom. The number of anilines is 1. The van der Waals surface area contributed by atoms with Gasteiger partial charge in [0.15, 0.2) is 6.61 Å². The lowest BCUT2D eigenvalue weighted by molar-refractivity contribution is -0.138. The van der Waals surface area contributed by atoms with Gasteiger partial charge in [-0.25, -0.2) is 0 Å². The van der Waals surface area contributed by atoms with Crippen molar-refractivity contribution in [2.45, 2.75) is 25.9 Å². The van der Waals surface area contributed by atoms with Crippen LogP contribution >= 0.6 is 0 Å². The summed E-state index contributed by atoms with van der Waals surface area (Å²) in [4.78, 5) is 30.6. The number of ether oxygens (including phenoxy) is 1. The van der Waals surface area contributed by atoms with Crippen LogP contribution in [0.3, 0.4) is 0 Å². The molecule has 1 unspecified atom stereocenters. The van der Waals surface area contributed by atoms with Crippen LogP contribution in [0.15, 0.2) is 103 Å². The van der Waals surface area contributed by atoms with Crippen LogP contribution in [0.25, 0.3) is 5.69 Å². The molecule has 0 saturated carbocycles. The Balaban J connectivity index is 1.46. The molecule has 0 radical (unpaired) electrons. The molecule has 2 amide bonds. The van der Waals surface area contributed by atoms with Crippen molar-refractivity contribution in [3.63, 3.8) is 0 Å². The molecule has 0 aliphatic carbocycles. The van der Waals surface area contributed by atoms with Gasteiger partial charge in [-0.2, -0.15) is 0 Å². The third-order valence-electron chi connectivity index (χ3n) is 6.46. The van der Waals surface area contributed by atoms with Gasteiger partial charge in [-0.05, 0) is 55.8 Å². The molecule has 0 spiro atoms. The van der Waals surface area contributed by atoms with Crippen LogP contribution in [-0.4, -0.2) is 40.5 Å². The van der Waals surface area contributed by atoms with Crippen molar-refractivity contribution in [3.05, 3.63) is 115 Å². The second kappa shape index (κ2) is 10.1. The van der Waals surface area contributed by atoms with Crippen molar-refractivity contribution in [1.82, 2.24) is 9.47 Å². The van der Waals surface area contributed by atoms with Gasteiger partial charge in [0.1, 0.15) is 18.3 Å². The van der Waals surface area contributed by atoms with Gasteiger partial charge < -0.3 is 14.2 Å². The fourth-order valence-electron chi connectivity index (χ4n) is 4.74. The molecule has 0 bridgehead atoms. The topological polar surface area (TPSA) is 54.8 Å². The molecular weight excluding hydrogens is 450 g/mol. The number of carbonyl (C=O) groups is 2. The van der Waals surface area contributed by atoms with Gasteiger partial charge in [0, 0.05) is 12.2 Å².